The van der Waals surface area contributed by atoms with Crippen LogP contribution < -0.4 is 10.4 Å². The molecule has 2 aromatic heterocycles. The summed E-state index contributed by atoms with van der Waals surface area (Å²) in [5.41, 5.74) is 6.03. The Labute approximate surface area is 185 Å². The molecule has 1 aliphatic rings. The van der Waals surface area contributed by atoms with E-state index in [-0.39, 0.29) is 11.9 Å². The van der Waals surface area contributed by atoms with Crippen molar-refractivity contribution in [3.8, 4) is 0 Å². The minimum atomic E-state index is -0.371. The second-order valence-electron chi connectivity index (χ2n) is 7.48. The molecule has 3 aromatic rings. The first-order valence-corrected chi connectivity index (χ1v) is 10.2. The molecule has 0 saturated carbocycles. The van der Waals surface area contributed by atoms with Gasteiger partial charge in [-0.2, -0.15) is 15.6 Å². The van der Waals surface area contributed by atoms with Crippen LogP contribution in [0.15, 0.2) is 83.5 Å². The Morgan fingerprint density at radius 3 is 2.66 bits per heavy atom. The molecule has 0 atom stereocenters. The van der Waals surface area contributed by atoms with Gasteiger partial charge in [0.15, 0.2) is 0 Å². The molecule has 1 aromatic carbocycles. The van der Waals surface area contributed by atoms with Gasteiger partial charge in [0, 0.05) is 17.5 Å². The van der Waals surface area contributed by atoms with Crippen LogP contribution in [0.25, 0.3) is 0 Å². The van der Waals surface area contributed by atoms with Crippen LogP contribution >= 0.6 is 0 Å². The maximum Gasteiger partial charge on any atom is 0.349 e. The Bertz CT molecular complexity index is 1080. The highest BCUT2D eigenvalue weighted by Gasteiger charge is 2.25. The van der Waals surface area contributed by atoms with E-state index in [1.165, 1.54) is 11.2 Å². The molecule has 10 nitrogen and oxygen atoms in total. The van der Waals surface area contributed by atoms with Crippen LogP contribution in [-0.2, 0) is 17.9 Å². The third-order valence-electron chi connectivity index (χ3n) is 4.78. The lowest BCUT2D eigenvalue weighted by Gasteiger charge is -2.28. The molecule has 0 unspecified atom stereocenters. The molecule has 164 valence electrons. The number of aromatic amines is 1. The van der Waals surface area contributed by atoms with Crippen molar-refractivity contribution in [2.75, 3.05) is 4.90 Å². The lowest BCUT2D eigenvalue weighted by Crippen LogP contribution is -2.46. The highest BCUT2D eigenvalue weighted by molar-refractivity contribution is 5.92. The summed E-state index contributed by atoms with van der Waals surface area (Å²) in [7, 11) is 0. The summed E-state index contributed by atoms with van der Waals surface area (Å²) in [6.45, 7) is 4.75. The fourth-order valence-corrected chi connectivity index (χ4v) is 3.03. The van der Waals surface area contributed by atoms with E-state index in [9.17, 15) is 4.79 Å². The van der Waals surface area contributed by atoms with E-state index in [2.05, 4.69) is 44.9 Å². The maximum absolute atomic E-state index is 13.4. The number of anilines is 1. The van der Waals surface area contributed by atoms with Gasteiger partial charge in [0.05, 0.1) is 30.8 Å². The maximum atomic E-state index is 13.4. The standard InChI is InChI=1S/C22H24N8O2/c1-16(2)20-9-8-19(12-23-20)29(13-18-10-24-25-11-18)22(31)30-14-21(26-27-28-30)32-15-17-6-4-3-5-7-17/h3-12,14,16H,13,15H2,1-2H3,(H,24,25)(H,26,28). The lowest BCUT2D eigenvalue weighted by atomic mass is 10.1. The van der Waals surface area contributed by atoms with E-state index < -0.39 is 0 Å². The molecule has 4 rings (SSSR count). The number of nitrogens with zero attached hydrogens (tertiary/aromatic N) is 6. The molecule has 0 bridgehead atoms. The van der Waals surface area contributed by atoms with Crippen LogP contribution in [0.4, 0.5) is 10.5 Å². The quantitative estimate of drug-likeness (QED) is 0.580. The van der Waals surface area contributed by atoms with E-state index in [4.69, 9.17) is 4.74 Å². The molecule has 10 heteroatoms. The van der Waals surface area contributed by atoms with Crippen LogP contribution in [0.3, 0.4) is 0 Å². The van der Waals surface area contributed by atoms with Crippen molar-refractivity contribution in [3.05, 3.63) is 90.0 Å². The topological polar surface area (TPSA) is 111 Å². The van der Waals surface area contributed by atoms with Gasteiger partial charge in [0.25, 0.3) is 5.88 Å². The minimum absolute atomic E-state index is 0.220. The molecular weight excluding hydrogens is 408 g/mol. The van der Waals surface area contributed by atoms with Gasteiger partial charge in [0.1, 0.15) is 6.61 Å². The summed E-state index contributed by atoms with van der Waals surface area (Å²) >= 11 is 0. The average Bonchev–Trinajstić information content (AvgIpc) is 3.35. The van der Waals surface area contributed by atoms with Crippen LogP contribution in [0, 0.1) is 0 Å². The van der Waals surface area contributed by atoms with Gasteiger partial charge in [-0.3, -0.25) is 15.0 Å². The summed E-state index contributed by atoms with van der Waals surface area (Å²) in [6, 6.07) is 13.1. The number of hydrogen-bond acceptors (Lipinski definition) is 7. The summed E-state index contributed by atoms with van der Waals surface area (Å²) in [6.07, 6.45) is 6.57. The molecule has 32 heavy (non-hydrogen) atoms. The molecular formula is C22H24N8O2. The van der Waals surface area contributed by atoms with Gasteiger partial charge < -0.3 is 4.74 Å². The first-order chi connectivity index (χ1) is 15.6. The minimum Gasteiger partial charge on any atom is -0.471 e. The predicted molar refractivity (Wildman–Crippen MR) is 118 cm³/mol. The van der Waals surface area contributed by atoms with Gasteiger partial charge in [0.2, 0.25) is 0 Å². The Balaban J connectivity index is 1.53. The number of hydrazine groups is 1. The normalized spacial score (nSPS) is 13.0. The molecule has 2 N–H and O–H groups in total. The first kappa shape index (κ1) is 21.0. The molecule has 0 aliphatic carbocycles. The van der Waals surface area contributed by atoms with Gasteiger partial charge in [-0.05, 0) is 28.8 Å². The third-order valence-corrected chi connectivity index (χ3v) is 4.78. The third kappa shape index (κ3) is 5.09. The Morgan fingerprint density at radius 2 is 1.97 bits per heavy atom. The zero-order valence-corrected chi connectivity index (χ0v) is 17.8. The summed E-state index contributed by atoms with van der Waals surface area (Å²) in [5, 5.41) is 15.7. The average molecular weight is 432 g/mol. The van der Waals surface area contributed by atoms with Crippen molar-refractivity contribution < 1.29 is 9.53 Å². The van der Waals surface area contributed by atoms with Crippen molar-refractivity contribution in [1.82, 2.24) is 25.7 Å². The molecule has 0 radical (unpaired) electrons. The zero-order chi connectivity index (χ0) is 22.3. The van der Waals surface area contributed by atoms with Crippen molar-refractivity contribution in [2.24, 2.45) is 10.3 Å². The number of rotatable bonds is 7. The second kappa shape index (κ2) is 9.73. The number of nitrogens with one attached hydrogen (secondary N) is 2. The first-order valence-electron chi connectivity index (χ1n) is 10.2. The smallest absolute Gasteiger partial charge is 0.349 e. The number of benzene rings is 1. The monoisotopic (exact) mass is 432 g/mol. The molecule has 1 aliphatic heterocycles. The number of ether oxygens (including phenoxy) is 1. The Kier molecular flexibility index (Phi) is 6.40. The fraction of sp³-hybridized carbons (Fsp3) is 0.227. The number of carbonyl (C=O) groups is 1. The van der Waals surface area contributed by atoms with Crippen LogP contribution in [0.5, 0.6) is 0 Å². The molecule has 0 fully saturated rings. The van der Waals surface area contributed by atoms with Crippen LogP contribution in [-0.4, -0.2) is 26.2 Å². The van der Waals surface area contributed by atoms with E-state index in [1.54, 1.807) is 23.5 Å². The summed E-state index contributed by atoms with van der Waals surface area (Å²) in [5.74, 6) is 0.510. The van der Waals surface area contributed by atoms with Gasteiger partial charge in [-0.25, -0.2) is 4.79 Å². The highest BCUT2D eigenvalue weighted by Crippen LogP contribution is 2.22. The van der Waals surface area contributed by atoms with Crippen molar-refractivity contribution in [1.29, 1.82) is 0 Å². The summed E-state index contributed by atoms with van der Waals surface area (Å²) in [4.78, 5) is 19.5. The van der Waals surface area contributed by atoms with Crippen molar-refractivity contribution in [2.45, 2.75) is 32.9 Å². The largest absolute Gasteiger partial charge is 0.471 e. The van der Waals surface area contributed by atoms with E-state index >= 15 is 0 Å². The molecule has 0 saturated heterocycles. The second-order valence-corrected chi connectivity index (χ2v) is 7.48. The Morgan fingerprint density at radius 1 is 1.12 bits per heavy atom. The van der Waals surface area contributed by atoms with Gasteiger partial charge >= 0.3 is 6.03 Å². The lowest BCUT2D eigenvalue weighted by molar-refractivity contribution is 0.157. The fourth-order valence-electron chi connectivity index (χ4n) is 3.03. The molecule has 2 amide bonds. The van der Waals surface area contributed by atoms with Gasteiger partial charge in [-0.1, -0.05) is 49.3 Å². The van der Waals surface area contributed by atoms with Crippen molar-refractivity contribution >= 4 is 11.7 Å². The number of amides is 2. The van der Waals surface area contributed by atoms with Crippen molar-refractivity contribution in [3.63, 3.8) is 0 Å². The van der Waals surface area contributed by atoms with Gasteiger partial charge in [-0.15, -0.1) is 0 Å². The number of aromatic nitrogens is 3. The SMILES string of the molecule is CC(C)c1ccc(N(Cc2cn[nH]c2)C(=O)N2C=C(OCc3ccccc3)N=NN2)cn1. The number of carbonyl (C=O) groups excluding carboxylic acids is 1. The van der Waals surface area contributed by atoms with E-state index in [1.807, 2.05) is 42.5 Å². The molecule has 0 spiro atoms. The Hall–Kier alpha value is -4.21. The highest BCUT2D eigenvalue weighted by atomic mass is 16.5. The molecule has 3 heterocycles. The van der Waals surface area contributed by atoms with E-state index in [0.29, 0.717) is 24.8 Å². The van der Waals surface area contributed by atoms with Crippen LogP contribution in [0.1, 0.15) is 36.6 Å². The number of hydrogen-bond donors (Lipinski definition) is 2. The number of H-pyrrole nitrogens is 1. The van der Waals surface area contributed by atoms with Crippen LogP contribution in [0.2, 0.25) is 0 Å². The summed E-state index contributed by atoms with van der Waals surface area (Å²) < 4.78 is 5.70. The van der Waals surface area contributed by atoms with E-state index in [0.717, 1.165) is 16.8 Å². The number of pyridine rings is 1. The number of urea groups is 1. The zero-order valence-electron chi connectivity index (χ0n) is 17.8. The predicted octanol–water partition coefficient (Wildman–Crippen LogP) is 4.26.